The van der Waals surface area contributed by atoms with Gasteiger partial charge in [0.2, 0.25) is 5.91 Å². The normalized spacial score (nSPS) is 18.3. The lowest BCUT2D eigenvalue weighted by atomic mass is 9.72. The van der Waals surface area contributed by atoms with Gasteiger partial charge in [-0.05, 0) is 60.4 Å². The first-order chi connectivity index (χ1) is 17.9. The zero-order valence-electron chi connectivity index (χ0n) is 22.0. The van der Waals surface area contributed by atoms with E-state index in [-0.39, 0.29) is 17.6 Å². The maximum Gasteiger partial charge on any atom is 0.239 e. The Labute approximate surface area is 220 Å². The van der Waals surface area contributed by atoms with Gasteiger partial charge in [-0.25, -0.2) is 4.39 Å². The lowest BCUT2D eigenvalue weighted by molar-refractivity contribution is -0.138. The van der Waals surface area contributed by atoms with Gasteiger partial charge < -0.3 is 15.7 Å². The van der Waals surface area contributed by atoms with E-state index in [2.05, 4.69) is 6.92 Å². The third-order valence-corrected chi connectivity index (χ3v) is 7.76. The van der Waals surface area contributed by atoms with Crippen molar-refractivity contribution >= 4 is 5.91 Å². The molecule has 2 unspecified atom stereocenters. The fourth-order valence-corrected chi connectivity index (χ4v) is 5.82. The summed E-state index contributed by atoms with van der Waals surface area (Å²) in [4.78, 5) is 15.1. The zero-order valence-corrected chi connectivity index (χ0v) is 22.0. The van der Waals surface area contributed by atoms with Crippen molar-refractivity contribution < 1.29 is 14.3 Å². The summed E-state index contributed by atoms with van der Waals surface area (Å²) in [5, 5.41) is 12.3. The summed E-state index contributed by atoms with van der Waals surface area (Å²) in [6.07, 6.45) is 4.08. The van der Waals surface area contributed by atoms with Crippen LogP contribution in [0, 0.1) is 11.7 Å². The van der Waals surface area contributed by atoms with Crippen LogP contribution in [0.3, 0.4) is 0 Å². The van der Waals surface area contributed by atoms with E-state index in [1.54, 1.807) is 11.0 Å². The summed E-state index contributed by atoms with van der Waals surface area (Å²) in [5.74, 6) is -0.652. The van der Waals surface area contributed by atoms with E-state index in [0.717, 1.165) is 42.4 Å². The second kappa shape index (κ2) is 12.0. The van der Waals surface area contributed by atoms with Crippen molar-refractivity contribution in [3.05, 3.63) is 95.3 Å². The second-order valence-electron chi connectivity index (χ2n) is 10.3. The fourth-order valence-electron chi connectivity index (χ4n) is 5.82. The summed E-state index contributed by atoms with van der Waals surface area (Å²) < 4.78 is 15.4. The van der Waals surface area contributed by atoms with Gasteiger partial charge in [0, 0.05) is 24.6 Å². The molecule has 3 N–H and O–H groups in total. The number of rotatable bonds is 9. The average molecular weight is 503 g/mol. The Morgan fingerprint density at radius 1 is 1.08 bits per heavy atom. The maximum absolute atomic E-state index is 15.4. The topological polar surface area (TPSA) is 66.6 Å². The van der Waals surface area contributed by atoms with Crippen molar-refractivity contribution in [1.29, 1.82) is 0 Å². The number of likely N-dealkylation sites (tertiary alicyclic amines) is 1. The largest absolute Gasteiger partial charge is 0.385 e. The van der Waals surface area contributed by atoms with E-state index in [1.165, 1.54) is 6.07 Å². The first kappa shape index (κ1) is 27.0. The molecule has 0 aromatic heterocycles. The van der Waals surface area contributed by atoms with E-state index < -0.39 is 11.6 Å². The molecule has 3 atom stereocenters. The van der Waals surface area contributed by atoms with Crippen LogP contribution in [0.2, 0.25) is 0 Å². The number of carbonyl (C=O) groups excluding carboxylic acids is 1. The number of nitrogens with two attached hydrogens (primary N) is 1. The van der Waals surface area contributed by atoms with Gasteiger partial charge in [-0.15, -0.1) is 0 Å². The van der Waals surface area contributed by atoms with Gasteiger partial charge >= 0.3 is 0 Å². The highest BCUT2D eigenvalue weighted by Gasteiger charge is 2.43. The lowest BCUT2D eigenvalue weighted by Gasteiger charge is -2.44. The highest BCUT2D eigenvalue weighted by molar-refractivity contribution is 5.82. The van der Waals surface area contributed by atoms with Crippen LogP contribution in [0.5, 0.6) is 0 Å². The molecule has 1 fully saturated rings. The van der Waals surface area contributed by atoms with E-state index in [0.29, 0.717) is 37.1 Å². The van der Waals surface area contributed by atoms with Crippen molar-refractivity contribution in [1.82, 2.24) is 4.90 Å². The van der Waals surface area contributed by atoms with Gasteiger partial charge in [-0.2, -0.15) is 0 Å². The monoisotopic (exact) mass is 502 g/mol. The van der Waals surface area contributed by atoms with Gasteiger partial charge in [-0.1, -0.05) is 87.0 Å². The van der Waals surface area contributed by atoms with E-state index in [1.807, 2.05) is 67.6 Å². The molecule has 1 amide bonds. The number of hydrogen-bond donors (Lipinski definition) is 2. The minimum absolute atomic E-state index is 0.0949. The van der Waals surface area contributed by atoms with E-state index >= 15 is 4.39 Å². The predicted octanol–water partition coefficient (Wildman–Crippen LogP) is 5.85. The smallest absolute Gasteiger partial charge is 0.239 e. The number of piperidine rings is 1. The molecular formula is C32H39FN2O2. The van der Waals surface area contributed by atoms with Crippen LogP contribution in [-0.4, -0.2) is 35.0 Å². The summed E-state index contributed by atoms with van der Waals surface area (Å²) >= 11 is 0. The minimum atomic E-state index is -1.27. The number of nitrogens with zero attached hydrogens (tertiary/aromatic N) is 1. The molecule has 4 nitrogen and oxygen atoms in total. The van der Waals surface area contributed by atoms with Crippen molar-refractivity contribution in [2.24, 2.45) is 11.7 Å². The van der Waals surface area contributed by atoms with Crippen LogP contribution < -0.4 is 5.73 Å². The summed E-state index contributed by atoms with van der Waals surface area (Å²) in [5.41, 5.74) is 9.06. The Morgan fingerprint density at radius 2 is 1.81 bits per heavy atom. The first-order valence-electron chi connectivity index (χ1n) is 13.6. The SMILES string of the molecule is CCCC(O)(c1cccc(F)c1-c1cccc(CC)c1)C1CCCN(C(=O)[C@@H](N)Cc2ccccc2)C1. The standard InChI is InChI=1S/C32H39FN2O2/c1-3-18-32(37,27-16-9-17-28(33)30(27)25-14-8-13-23(4-2)20-25)26-15-10-19-35(22-26)31(36)29(34)21-24-11-6-5-7-12-24/h5-9,11-14,16-17,20,26,29,37H,3-4,10,15,18-19,21-22,34H2,1-2H3/t26?,29-,32?/m0/s1. The molecule has 1 aliphatic rings. The number of carbonyl (C=O) groups is 1. The highest BCUT2D eigenvalue weighted by Crippen LogP contribution is 2.44. The first-order valence-corrected chi connectivity index (χ1v) is 13.6. The molecule has 196 valence electrons. The van der Waals surface area contributed by atoms with Gasteiger partial charge in [0.15, 0.2) is 0 Å². The third-order valence-electron chi connectivity index (χ3n) is 7.76. The summed E-state index contributed by atoms with van der Waals surface area (Å²) in [6, 6.07) is 22.0. The molecule has 5 heteroatoms. The second-order valence-corrected chi connectivity index (χ2v) is 10.3. The van der Waals surface area contributed by atoms with Crippen LogP contribution in [0.1, 0.15) is 56.2 Å². The van der Waals surface area contributed by atoms with Gasteiger partial charge in [0.25, 0.3) is 0 Å². The number of benzene rings is 3. The third kappa shape index (κ3) is 5.94. The summed E-state index contributed by atoms with van der Waals surface area (Å²) in [7, 11) is 0. The number of amides is 1. The Morgan fingerprint density at radius 3 is 2.54 bits per heavy atom. The fraction of sp³-hybridized carbons (Fsp3) is 0.406. The number of hydrogen-bond acceptors (Lipinski definition) is 3. The Balaban J connectivity index is 1.64. The van der Waals surface area contributed by atoms with Crippen molar-refractivity contribution in [3.8, 4) is 11.1 Å². The molecule has 0 aliphatic carbocycles. The summed E-state index contributed by atoms with van der Waals surface area (Å²) in [6.45, 7) is 5.13. The molecule has 37 heavy (non-hydrogen) atoms. The zero-order chi connectivity index (χ0) is 26.4. The molecule has 1 aliphatic heterocycles. The van der Waals surface area contributed by atoms with Crippen LogP contribution in [0.15, 0.2) is 72.8 Å². The van der Waals surface area contributed by atoms with Crippen molar-refractivity contribution in [2.45, 2.75) is 64.0 Å². The van der Waals surface area contributed by atoms with Gasteiger partial charge in [0.05, 0.1) is 11.6 Å². The highest BCUT2D eigenvalue weighted by atomic mass is 19.1. The molecule has 0 radical (unpaired) electrons. The number of halogens is 1. The molecule has 3 aromatic carbocycles. The number of aryl methyl sites for hydroxylation is 1. The molecule has 1 saturated heterocycles. The van der Waals surface area contributed by atoms with Crippen molar-refractivity contribution in [3.63, 3.8) is 0 Å². The van der Waals surface area contributed by atoms with Gasteiger partial charge in [-0.3, -0.25) is 4.79 Å². The maximum atomic E-state index is 15.4. The Kier molecular flexibility index (Phi) is 8.78. The molecule has 3 aromatic rings. The minimum Gasteiger partial charge on any atom is -0.385 e. The van der Waals surface area contributed by atoms with Crippen molar-refractivity contribution in [2.75, 3.05) is 13.1 Å². The molecule has 0 saturated carbocycles. The molecule has 1 heterocycles. The van der Waals surface area contributed by atoms with Gasteiger partial charge in [0.1, 0.15) is 5.82 Å². The lowest BCUT2D eigenvalue weighted by Crippen LogP contribution is -2.52. The molecule has 0 bridgehead atoms. The predicted molar refractivity (Wildman–Crippen MR) is 147 cm³/mol. The Bertz CT molecular complexity index is 1200. The quantitative estimate of drug-likeness (QED) is 0.386. The van der Waals surface area contributed by atoms with Crippen LogP contribution in [-0.2, 0) is 23.2 Å². The van der Waals surface area contributed by atoms with E-state index in [9.17, 15) is 9.90 Å². The number of aliphatic hydroxyl groups is 1. The van der Waals surface area contributed by atoms with Crippen LogP contribution in [0.25, 0.3) is 11.1 Å². The molecular weight excluding hydrogens is 463 g/mol. The molecule has 4 rings (SSSR count). The average Bonchev–Trinajstić information content (AvgIpc) is 2.93. The Hall–Kier alpha value is -3.02. The van der Waals surface area contributed by atoms with Crippen LogP contribution >= 0.6 is 0 Å². The van der Waals surface area contributed by atoms with E-state index in [4.69, 9.17) is 5.73 Å². The van der Waals surface area contributed by atoms with Crippen LogP contribution in [0.4, 0.5) is 4.39 Å². The molecule has 0 spiro atoms.